The first-order chi connectivity index (χ1) is 6.81. The van der Waals surface area contributed by atoms with Crippen molar-refractivity contribution >= 4 is 16.5 Å². The standard InChI is InChI=1S/C10H10N4/c11-13-14(12)10-6-5-8-3-1-2-4-9(8)7-10/h1-7,11H,12H2. The third-order valence-electron chi connectivity index (χ3n) is 2.11. The van der Waals surface area contributed by atoms with Crippen LogP contribution in [0, 0.1) is 5.53 Å². The van der Waals surface area contributed by atoms with Crippen molar-refractivity contribution in [2.45, 2.75) is 0 Å². The average Bonchev–Trinajstić information content (AvgIpc) is 2.27. The molecule has 0 aliphatic rings. The smallest absolute Gasteiger partial charge is 0.0800 e. The van der Waals surface area contributed by atoms with E-state index in [1.165, 1.54) is 0 Å². The first kappa shape index (κ1) is 8.65. The molecule has 0 spiro atoms. The van der Waals surface area contributed by atoms with Crippen molar-refractivity contribution in [1.82, 2.24) is 0 Å². The van der Waals surface area contributed by atoms with Gasteiger partial charge in [0.05, 0.1) is 5.69 Å². The van der Waals surface area contributed by atoms with E-state index in [-0.39, 0.29) is 0 Å². The lowest BCUT2D eigenvalue weighted by molar-refractivity contribution is 0.820. The number of nitrogens with zero attached hydrogens (tertiary/aromatic N) is 2. The van der Waals surface area contributed by atoms with Gasteiger partial charge in [0.1, 0.15) is 0 Å². The quantitative estimate of drug-likeness (QED) is 0.430. The highest BCUT2D eigenvalue weighted by Gasteiger charge is 1.99. The molecule has 3 N–H and O–H groups in total. The summed E-state index contributed by atoms with van der Waals surface area (Å²) >= 11 is 0. The largest absolute Gasteiger partial charge is 0.225 e. The minimum Gasteiger partial charge on any atom is -0.225 e. The van der Waals surface area contributed by atoms with E-state index in [4.69, 9.17) is 11.4 Å². The lowest BCUT2D eigenvalue weighted by atomic mass is 10.1. The molecular formula is C10H10N4. The molecule has 0 heterocycles. The Morgan fingerprint density at radius 1 is 1.07 bits per heavy atom. The molecule has 2 aromatic rings. The van der Waals surface area contributed by atoms with Crippen molar-refractivity contribution in [3.8, 4) is 0 Å². The Bertz CT molecular complexity index is 466. The first-order valence-electron chi connectivity index (χ1n) is 4.22. The van der Waals surface area contributed by atoms with Gasteiger partial charge >= 0.3 is 0 Å². The van der Waals surface area contributed by atoms with Crippen LogP contribution in [0.2, 0.25) is 0 Å². The van der Waals surface area contributed by atoms with E-state index in [1.807, 2.05) is 42.5 Å². The Labute approximate surface area is 81.4 Å². The Balaban J connectivity index is 2.56. The van der Waals surface area contributed by atoms with Gasteiger partial charge in [0.15, 0.2) is 0 Å². The summed E-state index contributed by atoms with van der Waals surface area (Å²) in [4.78, 5) is 0. The highest BCUT2D eigenvalue weighted by Crippen LogP contribution is 2.20. The lowest BCUT2D eigenvalue weighted by Gasteiger charge is -2.10. The summed E-state index contributed by atoms with van der Waals surface area (Å²) in [6, 6.07) is 13.7. The highest BCUT2D eigenvalue weighted by molar-refractivity contribution is 5.85. The molecule has 0 atom stereocenters. The van der Waals surface area contributed by atoms with E-state index in [2.05, 4.69) is 5.22 Å². The second-order valence-corrected chi connectivity index (χ2v) is 2.98. The van der Waals surface area contributed by atoms with E-state index in [9.17, 15) is 0 Å². The molecule has 4 heteroatoms. The fourth-order valence-corrected chi connectivity index (χ4v) is 1.38. The molecule has 2 rings (SSSR count). The Kier molecular flexibility index (Phi) is 2.12. The van der Waals surface area contributed by atoms with Gasteiger partial charge in [0.2, 0.25) is 0 Å². The number of nitrogens with one attached hydrogen (secondary N) is 1. The summed E-state index contributed by atoms with van der Waals surface area (Å²) in [5, 5.41) is 6.40. The van der Waals surface area contributed by atoms with Crippen molar-refractivity contribution < 1.29 is 0 Å². The summed E-state index contributed by atoms with van der Waals surface area (Å²) < 4.78 is 0. The predicted octanol–water partition coefficient (Wildman–Crippen LogP) is 2.47. The van der Waals surface area contributed by atoms with Gasteiger partial charge in [-0.1, -0.05) is 35.6 Å². The fourth-order valence-electron chi connectivity index (χ4n) is 1.38. The highest BCUT2D eigenvalue weighted by atomic mass is 15.7. The van der Waals surface area contributed by atoms with Gasteiger partial charge in [-0.2, -0.15) is 10.6 Å². The van der Waals surface area contributed by atoms with Crippen molar-refractivity contribution in [3.63, 3.8) is 0 Å². The molecule has 0 saturated carbocycles. The lowest BCUT2D eigenvalue weighted by Crippen LogP contribution is -2.23. The van der Waals surface area contributed by atoms with Crippen LogP contribution in [-0.4, -0.2) is 0 Å². The van der Waals surface area contributed by atoms with Crippen LogP contribution in [0.25, 0.3) is 10.8 Å². The van der Waals surface area contributed by atoms with Gasteiger partial charge in [0.25, 0.3) is 0 Å². The second-order valence-electron chi connectivity index (χ2n) is 2.98. The zero-order chi connectivity index (χ0) is 9.97. The first-order valence-corrected chi connectivity index (χ1v) is 4.22. The van der Waals surface area contributed by atoms with Gasteiger partial charge < -0.3 is 0 Å². The number of hydrazine groups is 1. The molecule has 14 heavy (non-hydrogen) atoms. The van der Waals surface area contributed by atoms with E-state index >= 15 is 0 Å². The molecule has 0 aromatic heterocycles. The van der Waals surface area contributed by atoms with Crippen molar-refractivity contribution in [2.24, 2.45) is 11.1 Å². The van der Waals surface area contributed by atoms with Crippen molar-refractivity contribution in [3.05, 3.63) is 42.5 Å². The maximum absolute atomic E-state index is 6.78. The molecule has 0 radical (unpaired) electrons. The van der Waals surface area contributed by atoms with Crippen LogP contribution < -0.4 is 11.0 Å². The van der Waals surface area contributed by atoms with Gasteiger partial charge in [-0.15, -0.1) is 0 Å². The summed E-state index contributed by atoms with van der Waals surface area (Å²) in [6.07, 6.45) is 0. The monoisotopic (exact) mass is 186 g/mol. The topological polar surface area (TPSA) is 65.5 Å². The van der Waals surface area contributed by atoms with Gasteiger partial charge in [-0.3, -0.25) is 0 Å². The Morgan fingerprint density at radius 2 is 1.79 bits per heavy atom. The average molecular weight is 186 g/mol. The summed E-state index contributed by atoms with van der Waals surface area (Å²) in [7, 11) is 0. The zero-order valence-electron chi connectivity index (χ0n) is 7.51. The Morgan fingerprint density at radius 3 is 2.50 bits per heavy atom. The third kappa shape index (κ3) is 1.43. The number of nitrogens with two attached hydrogens (primary N) is 1. The summed E-state index contributed by atoms with van der Waals surface area (Å²) in [6.45, 7) is 0. The molecule has 0 unspecified atom stereocenters. The molecule has 0 saturated heterocycles. The van der Waals surface area contributed by atoms with E-state index in [1.54, 1.807) is 0 Å². The maximum Gasteiger partial charge on any atom is 0.0800 e. The molecular weight excluding hydrogens is 176 g/mol. The number of anilines is 1. The van der Waals surface area contributed by atoms with E-state index in [0.717, 1.165) is 15.9 Å². The summed E-state index contributed by atoms with van der Waals surface area (Å²) in [5.41, 5.74) is 7.49. The number of benzene rings is 2. The zero-order valence-corrected chi connectivity index (χ0v) is 7.51. The predicted molar refractivity (Wildman–Crippen MR) is 55.8 cm³/mol. The van der Waals surface area contributed by atoms with Crippen LogP contribution in [0.4, 0.5) is 5.69 Å². The number of fused-ring (bicyclic) bond motifs is 1. The normalized spacial score (nSPS) is 10.1. The van der Waals surface area contributed by atoms with Crippen LogP contribution in [0.15, 0.2) is 47.7 Å². The summed E-state index contributed by atoms with van der Waals surface area (Å²) in [5.74, 6) is 5.46. The minimum atomic E-state index is 0.707. The third-order valence-corrected chi connectivity index (χ3v) is 2.11. The second kappa shape index (κ2) is 3.43. The van der Waals surface area contributed by atoms with Crippen LogP contribution in [0.3, 0.4) is 0 Å². The molecule has 2 aromatic carbocycles. The number of rotatable bonds is 2. The molecule has 0 aliphatic carbocycles. The molecule has 0 aliphatic heterocycles. The van der Waals surface area contributed by atoms with Crippen LogP contribution in [-0.2, 0) is 0 Å². The Hall–Kier alpha value is -1.94. The van der Waals surface area contributed by atoms with Crippen LogP contribution >= 0.6 is 0 Å². The SMILES string of the molecule is N=NN(N)c1ccc2ccccc2c1. The van der Waals surface area contributed by atoms with Gasteiger partial charge in [0, 0.05) is 0 Å². The van der Waals surface area contributed by atoms with Crippen molar-refractivity contribution in [2.75, 3.05) is 5.12 Å². The fraction of sp³-hybridized carbons (Fsp3) is 0. The molecule has 0 amide bonds. The number of hydrogen-bond donors (Lipinski definition) is 2. The van der Waals surface area contributed by atoms with Crippen LogP contribution in [0.5, 0.6) is 0 Å². The molecule has 70 valence electrons. The molecule has 0 bridgehead atoms. The molecule has 0 fully saturated rings. The van der Waals surface area contributed by atoms with E-state index < -0.39 is 0 Å². The van der Waals surface area contributed by atoms with Gasteiger partial charge in [-0.05, 0) is 22.9 Å². The van der Waals surface area contributed by atoms with E-state index in [0.29, 0.717) is 5.69 Å². The minimum absolute atomic E-state index is 0.707. The molecule has 4 nitrogen and oxygen atoms in total. The van der Waals surface area contributed by atoms with Crippen LogP contribution in [0.1, 0.15) is 0 Å². The van der Waals surface area contributed by atoms with Crippen molar-refractivity contribution in [1.29, 1.82) is 5.53 Å². The van der Waals surface area contributed by atoms with Gasteiger partial charge in [-0.25, -0.2) is 5.84 Å². The number of hydrogen-bond acceptors (Lipinski definition) is 3. The maximum atomic E-state index is 6.78.